The molecule has 1 aliphatic heterocycles. The van der Waals surface area contributed by atoms with E-state index in [4.69, 9.17) is 21.1 Å². The lowest BCUT2D eigenvalue weighted by molar-refractivity contribution is -0.142. The Bertz CT molecular complexity index is 1620. The molecule has 3 aromatic carbocycles. The van der Waals surface area contributed by atoms with Gasteiger partial charge in [0.15, 0.2) is 17.2 Å². The highest BCUT2D eigenvalue weighted by Crippen LogP contribution is 2.39. The van der Waals surface area contributed by atoms with Gasteiger partial charge in [0.05, 0.1) is 11.3 Å². The van der Waals surface area contributed by atoms with E-state index in [1.165, 1.54) is 12.1 Å². The van der Waals surface area contributed by atoms with Gasteiger partial charge in [0.1, 0.15) is 19.0 Å². The van der Waals surface area contributed by atoms with Crippen molar-refractivity contribution in [1.82, 2.24) is 14.5 Å². The number of nitrogens with zero attached hydrogens (tertiary/aromatic N) is 3. The fourth-order valence-corrected chi connectivity index (χ4v) is 5.56. The molecule has 0 spiro atoms. The van der Waals surface area contributed by atoms with Gasteiger partial charge in [-0.2, -0.15) is 13.2 Å². The summed E-state index contributed by atoms with van der Waals surface area (Å²) in [5, 5.41) is 9.62. The van der Waals surface area contributed by atoms with Crippen LogP contribution in [0.3, 0.4) is 0 Å². The zero-order valence-corrected chi connectivity index (χ0v) is 25.2. The van der Waals surface area contributed by atoms with Gasteiger partial charge in [-0.1, -0.05) is 67.4 Å². The maximum Gasteiger partial charge on any atom is 0.435 e. The van der Waals surface area contributed by atoms with Crippen molar-refractivity contribution >= 4 is 17.6 Å². The summed E-state index contributed by atoms with van der Waals surface area (Å²) >= 11 is 6.53. The molecule has 0 bridgehead atoms. The van der Waals surface area contributed by atoms with E-state index in [9.17, 15) is 23.1 Å². The van der Waals surface area contributed by atoms with Crippen LogP contribution in [-0.2, 0) is 25.8 Å². The molecule has 44 heavy (non-hydrogen) atoms. The van der Waals surface area contributed by atoms with Crippen molar-refractivity contribution in [2.75, 3.05) is 13.2 Å². The smallest absolute Gasteiger partial charge is 0.435 e. The lowest BCUT2D eigenvalue weighted by Crippen LogP contribution is -2.29. The van der Waals surface area contributed by atoms with E-state index in [1.807, 2.05) is 36.9 Å². The van der Waals surface area contributed by atoms with Crippen LogP contribution in [0, 0.1) is 0 Å². The second-order valence-electron chi connectivity index (χ2n) is 10.7. The Morgan fingerprint density at radius 3 is 2.43 bits per heavy atom. The molecule has 4 aromatic rings. The number of imidazole rings is 1. The van der Waals surface area contributed by atoms with Crippen LogP contribution in [0.1, 0.15) is 65.6 Å². The topological polar surface area (TPSA) is 76.8 Å². The van der Waals surface area contributed by atoms with Gasteiger partial charge in [-0.15, -0.1) is 0 Å². The third kappa shape index (κ3) is 6.87. The molecule has 5 rings (SSSR count). The van der Waals surface area contributed by atoms with Gasteiger partial charge in [0.2, 0.25) is 0 Å². The van der Waals surface area contributed by atoms with Crippen molar-refractivity contribution in [3.8, 4) is 22.9 Å². The second kappa shape index (κ2) is 13.3. The van der Waals surface area contributed by atoms with Crippen molar-refractivity contribution in [1.29, 1.82) is 0 Å². The van der Waals surface area contributed by atoms with Crippen LogP contribution >= 0.6 is 11.6 Å². The lowest BCUT2D eigenvalue weighted by atomic mass is 10.0. The summed E-state index contributed by atoms with van der Waals surface area (Å²) in [4.78, 5) is 17.6. The first-order valence-electron chi connectivity index (χ1n) is 14.4. The largest absolute Gasteiger partial charge is 0.486 e. The molecule has 1 unspecified atom stereocenters. The highest BCUT2D eigenvalue weighted by Gasteiger charge is 2.40. The first kappa shape index (κ1) is 31.4. The number of halogens is 4. The van der Waals surface area contributed by atoms with E-state index < -0.39 is 23.9 Å². The quantitative estimate of drug-likeness (QED) is 0.180. The van der Waals surface area contributed by atoms with Crippen molar-refractivity contribution in [3.05, 3.63) is 99.8 Å². The maximum atomic E-state index is 14.7. The van der Waals surface area contributed by atoms with Crippen molar-refractivity contribution in [2.24, 2.45) is 0 Å². The van der Waals surface area contributed by atoms with Crippen LogP contribution in [0.2, 0.25) is 5.02 Å². The predicted octanol–water partition coefficient (Wildman–Crippen LogP) is 8.26. The minimum Gasteiger partial charge on any atom is -0.486 e. The Morgan fingerprint density at radius 2 is 1.77 bits per heavy atom. The Kier molecular flexibility index (Phi) is 9.51. The number of aromatic carboxylic acids is 1. The van der Waals surface area contributed by atoms with Gasteiger partial charge < -0.3 is 19.1 Å². The third-order valence-electron chi connectivity index (χ3n) is 7.73. The average molecular weight is 628 g/mol. The molecule has 7 nitrogen and oxygen atoms in total. The van der Waals surface area contributed by atoms with E-state index in [1.54, 1.807) is 41.0 Å². The molecule has 11 heteroatoms. The number of aromatic nitrogens is 2. The molecule has 2 heterocycles. The van der Waals surface area contributed by atoms with Crippen LogP contribution in [0.5, 0.6) is 11.5 Å². The lowest BCUT2D eigenvalue weighted by Gasteiger charge is -2.31. The summed E-state index contributed by atoms with van der Waals surface area (Å²) < 4.78 is 57.1. The first-order valence-corrected chi connectivity index (χ1v) is 14.8. The van der Waals surface area contributed by atoms with Crippen molar-refractivity contribution in [3.63, 3.8) is 0 Å². The van der Waals surface area contributed by atoms with Crippen LogP contribution < -0.4 is 9.47 Å². The fraction of sp³-hybridized carbons (Fsp3) is 0.333. The molecule has 232 valence electrons. The third-order valence-corrected chi connectivity index (χ3v) is 8.08. The van der Waals surface area contributed by atoms with Gasteiger partial charge in [-0.3, -0.25) is 4.90 Å². The Hall–Kier alpha value is -4.02. The zero-order valence-electron chi connectivity index (χ0n) is 24.4. The Labute approximate surface area is 258 Å². The van der Waals surface area contributed by atoms with Gasteiger partial charge in [-0.25, -0.2) is 9.78 Å². The summed E-state index contributed by atoms with van der Waals surface area (Å²) in [7, 11) is 0. The molecule has 0 amide bonds. The van der Waals surface area contributed by atoms with Crippen LogP contribution in [0.15, 0.2) is 66.7 Å². The van der Waals surface area contributed by atoms with Crippen LogP contribution in [0.4, 0.5) is 13.2 Å². The summed E-state index contributed by atoms with van der Waals surface area (Å²) in [5.74, 6) is 0.315. The first-order chi connectivity index (χ1) is 21.1. The number of alkyl halides is 3. The molecular weight excluding hydrogens is 595 g/mol. The minimum atomic E-state index is -4.69. The number of ether oxygens (including phenoxy) is 2. The Balaban J connectivity index is 1.62. The van der Waals surface area contributed by atoms with Gasteiger partial charge in [-0.05, 0) is 48.7 Å². The molecule has 0 fully saturated rings. The second-order valence-corrected chi connectivity index (χ2v) is 11.1. The number of carbonyl (C=O) groups is 1. The van der Waals surface area contributed by atoms with Crippen molar-refractivity contribution in [2.45, 2.75) is 58.5 Å². The number of hydrogen-bond acceptors (Lipinski definition) is 5. The van der Waals surface area contributed by atoms with E-state index in [0.717, 1.165) is 12.0 Å². The Morgan fingerprint density at radius 1 is 1.05 bits per heavy atom. The molecule has 1 N–H and O–H groups in total. The van der Waals surface area contributed by atoms with Gasteiger partial charge >= 0.3 is 12.1 Å². The number of rotatable bonds is 11. The minimum absolute atomic E-state index is 0.0229. The summed E-state index contributed by atoms with van der Waals surface area (Å²) in [6, 6.07) is 18.4. The van der Waals surface area contributed by atoms with Crippen LogP contribution in [0.25, 0.3) is 11.4 Å². The number of benzene rings is 3. The normalized spacial score (nSPS) is 13.7. The number of carboxylic acids is 1. The number of unbranched alkanes of at least 4 members (excludes halogenated alkanes) is 1. The summed E-state index contributed by atoms with van der Waals surface area (Å²) in [5.41, 5.74) is 1.13. The van der Waals surface area contributed by atoms with E-state index in [2.05, 4.69) is 4.98 Å². The van der Waals surface area contributed by atoms with Crippen molar-refractivity contribution < 1.29 is 32.5 Å². The highest BCUT2D eigenvalue weighted by molar-refractivity contribution is 6.31. The average Bonchev–Trinajstić information content (AvgIpc) is 3.38. The molecule has 1 aromatic heterocycles. The predicted molar refractivity (Wildman–Crippen MR) is 161 cm³/mol. The zero-order chi connectivity index (χ0) is 31.4. The van der Waals surface area contributed by atoms with Crippen LogP contribution in [-0.4, -0.2) is 38.7 Å². The molecule has 1 atom stereocenters. The number of hydrogen-bond donors (Lipinski definition) is 1. The summed E-state index contributed by atoms with van der Waals surface area (Å²) in [6.45, 7) is 5.12. The van der Waals surface area contributed by atoms with E-state index >= 15 is 0 Å². The molecule has 0 radical (unpaired) electrons. The van der Waals surface area contributed by atoms with Gasteiger partial charge in [0, 0.05) is 36.3 Å². The SMILES string of the molecule is CCCCn1c(-c2ccccc2)nc(C(F)(F)F)c1CN(Cc1ccc(C(=O)O)cc1Cl)C(C)c1ccc2c(c1)OCCO2. The molecule has 0 saturated carbocycles. The molecule has 0 saturated heterocycles. The number of carboxylic acid groups (broad SMARTS) is 1. The standard InChI is InChI=1S/C33H33ClF3N3O4/c1-3-4-14-40-27(30(33(35,36)37)38-31(40)22-8-6-5-7-9-22)20-39(19-25-11-10-24(32(41)42)17-26(25)34)21(2)23-12-13-28-29(18-23)44-16-15-43-28/h5-13,17-18,21H,3-4,14-16,19-20H2,1-2H3,(H,41,42). The maximum absolute atomic E-state index is 14.7. The van der Waals surface area contributed by atoms with Gasteiger partial charge in [0.25, 0.3) is 0 Å². The molecule has 1 aliphatic rings. The molecule has 0 aliphatic carbocycles. The fourth-order valence-electron chi connectivity index (χ4n) is 5.32. The number of fused-ring (bicyclic) bond motifs is 1. The highest BCUT2D eigenvalue weighted by atomic mass is 35.5. The van der Waals surface area contributed by atoms with E-state index in [-0.39, 0.29) is 35.2 Å². The summed E-state index contributed by atoms with van der Waals surface area (Å²) in [6.07, 6.45) is -3.24. The molecular formula is C33H33ClF3N3O4. The monoisotopic (exact) mass is 627 g/mol. The van der Waals surface area contributed by atoms with E-state index in [0.29, 0.717) is 48.8 Å².